The van der Waals surface area contributed by atoms with Crippen LogP contribution in [-0.2, 0) is 0 Å². The molecule has 0 bridgehead atoms. The van der Waals surface area contributed by atoms with Gasteiger partial charge in [-0.15, -0.1) is 23.2 Å². The SMILES string of the molecule is CCC(CCl)(CCl)Nc1nccc(OC)n1. The maximum Gasteiger partial charge on any atom is 0.226 e. The van der Waals surface area contributed by atoms with Crippen LogP contribution in [0.2, 0.25) is 0 Å². The van der Waals surface area contributed by atoms with Gasteiger partial charge in [-0.25, -0.2) is 4.98 Å². The number of hydrogen-bond donors (Lipinski definition) is 1. The maximum atomic E-state index is 5.91. The fourth-order valence-corrected chi connectivity index (χ4v) is 1.93. The Balaban J connectivity index is 2.84. The summed E-state index contributed by atoms with van der Waals surface area (Å²) in [6.07, 6.45) is 2.41. The van der Waals surface area contributed by atoms with E-state index in [9.17, 15) is 0 Å². The van der Waals surface area contributed by atoms with Crippen LogP contribution >= 0.6 is 23.2 Å². The summed E-state index contributed by atoms with van der Waals surface area (Å²) >= 11 is 11.8. The van der Waals surface area contributed by atoms with Gasteiger partial charge in [0, 0.05) is 24.0 Å². The van der Waals surface area contributed by atoms with E-state index in [0.717, 1.165) is 6.42 Å². The molecule has 1 N–H and O–H groups in total. The highest BCUT2D eigenvalue weighted by molar-refractivity contribution is 6.22. The lowest BCUT2D eigenvalue weighted by Crippen LogP contribution is -2.42. The van der Waals surface area contributed by atoms with E-state index < -0.39 is 0 Å². The number of nitrogens with zero attached hydrogens (tertiary/aromatic N) is 2. The van der Waals surface area contributed by atoms with E-state index in [2.05, 4.69) is 15.3 Å². The first-order valence-corrected chi connectivity index (χ1v) is 6.03. The fraction of sp³-hybridized carbons (Fsp3) is 0.600. The van der Waals surface area contributed by atoms with Crippen molar-refractivity contribution in [2.75, 3.05) is 24.2 Å². The van der Waals surface area contributed by atoms with Crippen LogP contribution in [0.5, 0.6) is 5.88 Å². The number of methoxy groups -OCH3 is 1. The molecule has 0 aliphatic rings. The van der Waals surface area contributed by atoms with Crippen LogP contribution in [0.3, 0.4) is 0 Å². The third-order valence-electron chi connectivity index (χ3n) is 2.40. The molecule has 0 unspecified atom stereocenters. The van der Waals surface area contributed by atoms with Gasteiger partial charge in [-0.1, -0.05) is 6.92 Å². The minimum atomic E-state index is -0.379. The molecule has 1 aromatic rings. The van der Waals surface area contributed by atoms with Crippen molar-refractivity contribution in [1.82, 2.24) is 9.97 Å². The van der Waals surface area contributed by atoms with Crippen molar-refractivity contribution in [2.45, 2.75) is 18.9 Å². The van der Waals surface area contributed by atoms with E-state index in [4.69, 9.17) is 27.9 Å². The Morgan fingerprint density at radius 2 is 2.12 bits per heavy atom. The molecule has 16 heavy (non-hydrogen) atoms. The molecule has 0 aliphatic heterocycles. The molecule has 0 spiro atoms. The van der Waals surface area contributed by atoms with Crippen LogP contribution in [0.25, 0.3) is 0 Å². The van der Waals surface area contributed by atoms with Crippen molar-refractivity contribution >= 4 is 29.2 Å². The Bertz CT molecular complexity index is 323. The molecule has 1 rings (SSSR count). The zero-order chi connectivity index (χ0) is 12.0. The number of anilines is 1. The molecule has 1 aromatic heterocycles. The van der Waals surface area contributed by atoms with Crippen molar-refractivity contribution in [3.63, 3.8) is 0 Å². The second-order valence-corrected chi connectivity index (χ2v) is 3.98. The molecule has 0 fully saturated rings. The molecule has 0 atom stereocenters. The first kappa shape index (κ1) is 13.3. The number of hydrogen-bond acceptors (Lipinski definition) is 4. The van der Waals surface area contributed by atoms with Crippen LogP contribution in [0, 0.1) is 0 Å². The molecule has 6 heteroatoms. The summed E-state index contributed by atoms with van der Waals surface area (Å²) in [6, 6.07) is 1.68. The average molecular weight is 264 g/mol. The Hall–Kier alpha value is -0.740. The van der Waals surface area contributed by atoms with E-state index in [1.807, 2.05) is 6.92 Å². The van der Waals surface area contributed by atoms with Crippen LogP contribution < -0.4 is 10.1 Å². The molecule has 0 aliphatic carbocycles. The number of aromatic nitrogens is 2. The highest BCUT2D eigenvalue weighted by atomic mass is 35.5. The zero-order valence-corrected chi connectivity index (χ0v) is 10.8. The zero-order valence-electron chi connectivity index (χ0n) is 9.33. The summed E-state index contributed by atoms with van der Waals surface area (Å²) in [5.74, 6) is 1.77. The van der Waals surface area contributed by atoms with Crippen molar-refractivity contribution in [2.24, 2.45) is 0 Å². The molecule has 90 valence electrons. The van der Waals surface area contributed by atoms with E-state index >= 15 is 0 Å². The third-order valence-corrected chi connectivity index (χ3v) is 3.43. The molecule has 0 saturated carbocycles. The molecular formula is C10H15Cl2N3O. The van der Waals surface area contributed by atoms with E-state index in [1.165, 1.54) is 0 Å². The van der Waals surface area contributed by atoms with Gasteiger partial charge in [-0.2, -0.15) is 4.98 Å². The molecule has 0 amide bonds. The number of nitrogens with one attached hydrogen (secondary N) is 1. The van der Waals surface area contributed by atoms with Gasteiger partial charge in [-0.05, 0) is 6.42 Å². The fourth-order valence-electron chi connectivity index (χ4n) is 1.13. The predicted octanol–water partition coefficient (Wildman–Crippen LogP) is 2.52. The summed E-state index contributed by atoms with van der Waals surface area (Å²) < 4.78 is 5.01. The van der Waals surface area contributed by atoms with Gasteiger partial charge in [-0.3, -0.25) is 0 Å². The van der Waals surface area contributed by atoms with E-state index in [-0.39, 0.29) is 5.54 Å². The van der Waals surface area contributed by atoms with Crippen LogP contribution in [0.4, 0.5) is 5.95 Å². The highest BCUT2D eigenvalue weighted by Crippen LogP contribution is 2.20. The molecule has 0 aromatic carbocycles. The minimum absolute atomic E-state index is 0.379. The monoisotopic (exact) mass is 263 g/mol. The van der Waals surface area contributed by atoms with Gasteiger partial charge < -0.3 is 10.1 Å². The Morgan fingerprint density at radius 1 is 1.44 bits per heavy atom. The predicted molar refractivity (Wildman–Crippen MR) is 66.7 cm³/mol. The van der Waals surface area contributed by atoms with Gasteiger partial charge in [0.05, 0.1) is 12.6 Å². The van der Waals surface area contributed by atoms with Gasteiger partial charge >= 0.3 is 0 Å². The van der Waals surface area contributed by atoms with Crippen LogP contribution in [-0.4, -0.2) is 34.4 Å². The lowest BCUT2D eigenvalue weighted by atomic mass is 10.0. The summed E-state index contributed by atoms with van der Waals surface area (Å²) in [5, 5.41) is 3.15. The number of alkyl halides is 2. The summed E-state index contributed by atoms with van der Waals surface area (Å²) in [4.78, 5) is 8.25. The van der Waals surface area contributed by atoms with Crippen molar-refractivity contribution < 1.29 is 4.74 Å². The molecule has 1 heterocycles. The number of halogens is 2. The first-order chi connectivity index (χ1) is 7.69. The average Bonchev–Trinajstić information content (AvgIpc) is 2.36. The van der Waals surface area contributed by atoms with Crippen molar-refractivity contribution in [3.8, 4) is 5.88 Å². The highest BCUT2D eigenvalue weighted by Gasteiger charge is 2.27. The normalized spacial score (nSPS) is 11.2. The first-order valence-electron chi connectivity index (χ1n) is 4.97. The second kappa shape index (κ2) is 6.11. The van der Waals surface area contributed by atoms with Gasteiger partial charge in [0.1, 0.15) is 0 Å². The minimum Gasteiger partial charge on any atom is -0.481 e. The lowest BCUT2D eigenvalue weighted by molar-refractivity contribution is 0.397. The topological polar surface area (TPSA) is 47.0 Å². The summed E-state index contributed by atoms with van der Waals surface area (Å²) in [7, 11) is 1.56. The van der Waals surface area contributed by atoms with Gasteiger partial charge in [0.25, 0.3) is 0 Å². The summed E-state index contributed by atoms with van der Waals surface area (Å²) in [6.45, 7) is 2.01. The molecular weight excluding hydrogens is 249 g/mol. The second-order valence-electron chi connectivity index (χ2n) is 3.45. The smallest absolute Gasteiger partial charge is 0.226 e. The Morgan fingerprint density at radius 3 is 2.62 bits per heavy atom. The standard InChI is InChI=1S/C10H15Cl2N3O/c1-3-10(6-11,7-12)15-9-13-5-4-8(14-9)16-2/h4-5H,3,6-7H2,1-2H3,(H,13,14,15). The Kier molecular flexibility index (Phi) is 5.09. The molecule has 0 radical (unpaired) electrons. The quantitative estimate of drug-likeness (QED) is 0.802. The van der Waals surface area contributed by atoms with Crippen molar-refractivity contribution in [1.29, 1.82) is 0 Å². The van der Waals surface area contributed by atoms with Crippen LogP contribution in [0.15, 0.2) is 12.3 Å². The molecule has 0 saturated heterocycles. The molecule has 4 nitrogen and oxygen atoms in total. The van der Waals surface area contributed by atoms with Gasteiger partial charge in [0.15, 0.2) is 0 Å². The maximum absolute atomic E-state index is 5.91. The Labute approximate surface area is 105 Å². The largest absolute Gasteiger partial charge is 0.481 e. The van der Waals surface area contributed by atoms with Gasteiger partial charge in [0.2, 0.25) is 11.8 Å². The van der Waals surface area contributed by atoms with Crippen LogP contribution in [0.1, 0.15) is 13.3 Å². The number of ether oxygens (including phenoxy) is 1. The van der Waals surface area contributed by atoms with E-state index in [1.54, 1.807) is 19.4 Å². The number of rotatable bonds is 6. The summed E-state index contributed by atoms with van der Waals surface area (Å²) in [5.41, 5.74) is -0.379. The lowest BCUT2D eigenvalue weighted by Gasteiger charge is -2.29. The van der Waals surface area contributed by atoms with E-state index in [0.29, 0.717) is 23.6 Å². The third kappa shape index (κ3) is 3.12. The van der Waals surface area contributed by atoms with Crippen molar-refractivity contribution in [3.05, 3.63) is 12.3 Å².